The summed E-state index contributed by atoms with van der Waals surface area (Å²) in [5.41, 5.74) is -0.215. The van der Waals surface area contributed by atoms with Crippen molar-refractivity contribution in [2.24, 2.45) is 0 Å². The Morgan fingerprint density at radius 1 is 1.04 bits per heavy atom. The van der Waals surface area contributed by atoms with Gasteiger partial charge < -0.3 is 10.1 Å². The minimum Gasteiger partial charge on any atom is -0.455 e. The maximum Gasteiger partial charge on any atom is 0.316 e. The lowest BCUT2D eigenvalue weighted by molar-refractivity contribution is -0.144. The van der Waals surface area contributed by atoms with E-state index in [2.05, 4.69) is 21.2 Å². The second-order valence-electron chi connectivity index (χ2n) is 5.75. The molecule has 1 amide bonds. The summed E-state index contributed by atoms with van der Waals surface area (Å²) in [4.78, 5) is 24.6. The smallest absolute Gasteiger partial charge is 0.316 e. The van der Waals surface area contributed by atoms with Crippen molar-refractivity contribution in [2.75, 3.05) is 17.7 Å². The van der Waals surface area contributed by atoms with Gasteiger partial charge in [0.05, 0.1) is 11.4 Å². The zero-order valence-electron chi connectivity index (χ0n) is 14.4. The number of benzene rings is 3. The Kier molecular flexibility index (Phi) is 6.64. The highest BCUT2D eigenvalue weighted by molar-refractivity contribution is 9.10. The first-order chi connectivity index (χ1) is 13.4. The lowest BCUT2D eigenvalue weighted by Crippen LogP contribution is -2.22. The van der Waals surface area contributed by atoms with Crippen LogP contribution in [0.3, 0.4) is 0 Å². The van der Waals surface area contributed by atoms with Crippen LogP contribution in [0.4, 0.5) is 14.5 Å². The maximum absolute atomic E-state index is 13.7. The Bertz CT molecular complexity index is 1020. The van der Waals surface area contributed by atoms with Crippen LogP contribution in [0.15, 0.2) is 64.0 Å². The van der Waals surface area contributed by atoms with Crippen LogP contribution in [0.1, 0.15) is 0 Å². The fraction of sp³-hybridized carbons (Fsp3) is 0.100. The third-order valence-corrected chi connectivity index (χ3v) is 5.31. The van der Waals surface area contributed by atoms with E-state index in [0.717, 1.165) is 21.7 Å². The number of amides is 1. The number of anilines is 1. The largest absolute Gasteiger partial charge is 0.455 e. The highest BCUT2D eigenvalue weighted by atomic mass is 79.9. The molecule has 0 aliphatic carbocycles. The van der Waals surface area contributed by atoms with Crippen LogP contribution in [0.25, 0.3) is 10.8 Å². The summed E-state index contributed by atoms with van der Waals surface area (Å²) in [6.45, 7) is -0.569. The van der Waals surface area contributed by atoms with Crippen LogP contribution < -0.4 is 5.32 Å². The van der Waals surface area contributed by atoms with E-state index in [-0.39, 0.29) is 15.9 Å². The van der Waals surface area contributed by atoms with Crippen molar-refractivity contribution in [1.29, 1.82) is 0 Å². The zero-order valence-corrected chi connectivity index (χ0v) is 16.8. The quantitative estimate of drug-likeness (QED) is 0.403. The van der Waals surface area contributed by atoms with Crippen LogP contribution in [-0.2, 0) is 14.3 Å². The predicted octanol–water partition coefficient (Wildman–Crippen LogP) is 5.15. The first-order valence-corrected chi connectivity index (χ1v) is 9.92. The molecule has 0 unspecified atom stereocenters. The molecule has 1 N–H and O–H groups in total. The average molecular weight is 466 g/mol. The predicted molar refractivity (Wildman–Crippen MR) is 108 cm³/mol. The van der Waals surface area contributed by atoms with Gasteiger partial charge in [0.15, 0.2) is 12.4 Å². The van der Waals surface area contributed by atoms with Crippen molar-refractivity contribution in [3.05, 3.63) is 70.7 Å². The molecular formula is C20H14BrF2NO3S. The van der Waals surface area contributed by atoms with Crippen molar-refractivity contribution >= 4 is 56.0 Å². The van der Waals surface area contributed by atoms with Gasteiger partial charge >= 0.3 is 5.97 Å². The number of esters is 1. The summed E-state index contributed by atoms with van der Waals surface area (Å²) in [5, 5.41) is 4.41. The van der Waals surface area contributed by atoms with Crippen molar-refractivity contribution in [2.45, 2.75) is 4.90 Å². The van der Waals surface area contributed by atoms with E-state index in [9.17, 15) is 18.4 Å². The number of ether oxygens (including phenoxy) is 1. The Balaban J connectivity index is 1.49. The van der Waals surface area contributed by atoms with Crippen LogP contribution >= 0.6 is 27.7 Å². The normalized spacial score (nSPS) is 10.7. The Labute approximate surface area is 172 Å². The van der Waals surface area contributed by atoms with Crippen molar-refractivity contribution in [3.8, 4) is 0 Å². The molecule has 0 bridgehead atoms. The molecule has 0 aliphatic heterocycles. The number of hydrogen-bond donors (Lipinski definition) is 1. The van der Waals surface area contributed by atoms with Gasteiger partial charge in [-0.05, 0) is 44.9 Å². The zero-order chi connectivity index (χ0) is 20.1. The highest BCUT2D eigenvalue weighted by Crippen LogP contribution is 2.27. The molecule has 4 nitrogen and oxygen atoms in total. The Morgan fingerprint density at radius 3 is 2.54 bits per heavy atom. The molecule has 0 atom stereocenters. The third kappa shape index (κ3) is 5.30. The van der Waals surface area contributed by atoms with Gasteiger partial charge in [-0.15, -0.1) is 11.8 Å². The minimum absolute atomic E-state index is 0.0280. The second kappa shape index (κ2) is 9.16. The molecule has 0 saturated carbocycles. The van der Waals surface area contributed by atoms with E-state index < -0.39 is 30.1 Å². The van der Waals surface area contributed by atoms with E-state index in [1.807, 2.05) is 42.5 Å². The van der Waals surface area contributed by atoms with Gasteiger partial charge in [-0.2, -0.15) is 0 Å². The van der Waals surface area contributed by atoms with Gasteiger partial charge in [0, 0.05) is 15.4 Å². The van der Waals surface area contributed by atoms with Gasteiger partial charge in [-0.1, -0.05) is 30.3 Å². The SMILES string of the molecule is O=C(COC(=O)CSc1ccc2ccccc2c1)Nc1c(F)cc(F)cc1Br. The number of carbonyl (C=O) groups is 2. The minimum atomic E-state index is -0.932. The molecule has 144 valence electrons. The second-order valence-corrected chi connectivity index (χ2v) is 7.65. The fourth-order valence-corrected chi connectivity index (χ4v) is 3.67. The van der Waals surface area contributed by atoms with Crippen molar-refractivity contribution in [1.82, 2.24) is 0 Å². The standard InChI is InChI=1S/C20H14BrF2NO3S/c21-16-8-14(22)9-17(23)20(16)24-18(25)10-27-19(26)11-28-15-6-5-12-3-1-2-4-13(12)7-15/h1-9H,10-11H2,(H,24,25). The molecule has 0 aromatic heterocycles. The van der Waals surface area contributed by atoms with E-state index >= 15 is 0 Å². The number of nitrogens with one attached hydrogen (secondary N) is 1. The monoisotopic (exact) mass is 465 g/mol. The number of hydrogen-bond acceptors (Lipinski definition) is 4. The number of rotatable bonds is 6. The van der Waals surface area contributed by atoms with Gasteiger partial charge in [0.2, 0.25) is 0 Å². The van der Waals surface area contributed by atoms with Crippen molar-refractivity contribution in [3.63, 3.8) is 0 Å². The van der Waals surface area contributed by atoms with Gasteiger partial charge in [-0.25, -0.2) is 8.78 Å². The molecule has 3 rings (SSSR count). The van der Waals surface area contributed by atoms with E-state index in [0.29, 0.717) is 6.07 Å². The maximum atomic E-state index is 13.7. The number of thioether (sulfide) groups is 1. The summed E-state index contributed by atoms with van der Waals surface area (Å²) >= 11 is 4.26. The van der Waals surface area contributed by atoms with Gasteiger partial charge in [0.25, 0.3) is 5.91 Å². The molecule has 3 aromatic rings. The lowest BCUT2D eigenvalue weighted by atomic mass is 10.1. The molecule has 3 aromatic carbocycles. The summed E-state index contributed by atoms with van der Waals surface area (Å²) < 4.78 is 31.7. The van der Waals surface area contributed by atoms with E-state index in [1.165, 1.54) is 11.8 Å². The van der Waals surface area contributed by atoms with Gasteiger partial charge in [-0.3, -0.25) is 9.59 Å². The van der Waals surface area contributed by atoms with E-state index in [4.69, 9.17) is 4.74 Å². The lowest BCUT2D eigenvalue weighted by Gasteiger charge is -2.09. The number of carbonyl (C=O) groups excluding carboxylic acids is 2. The molecule has 0 radical (unpaired) electrons. The summed E-state index contributed by atoms with van der Waals surface area (Å²) in [7, 11) is 0. The fourth-order valence-electron chi connectivity index (χ4n) is 2.42. The summed E-state index contributed by atoms with van der Waals surface area (Å²) in [5.74, 6) is -2.99. The Hall–Kier alpha value is -2.45. The number of halogens is 3. The Morgan fingerprint density at radius 2 is 1.79 bits per heavy atom. The number of fused-ring (bicyclic) bond motifs is 1. The first-order valence-electron chi connectivity index (χ1n) is 8.14. The topological polar surface area (TPSA) is 55.4 Å². The van der Waals surface area contributed by atoms with Gasteiger partial charge in [0.1, 0.15) is 5.82 Å². The van der Waals surface area contributed by atoms with Crippen LogP contribution in [0.2, 0.25) is 0 Å². The van der Waals surface area contributed by atoms with Crippen LogP contribution in [0.5, 0.6) is 0 Å². The molecule has 0 aliphatic rings. The van der Waals surface area contributed by atoms with Crippen LogP contribution in [-0.4, -0.2) is 24.2 Å². The molecule has 0 fully saturated rings. The van der Waals surface area contributed by atoms with E-state index in [1.54, 1.807) is 0 Å². The third-order valence-electron chi connectivity index (χ3n) is 3.71. The summed E-state index contributed by atoms with van der Waals surface area (Å²) in [6.07, 6.45) is 0. The van der Waals surface area contributed by atoms with Crippen molar-refractivity contribution < 1.29 is 23.1 Å². The molecule has 8 heteroatoms. The molecule has 0 spiro atoms. The first kappa shape index (κ1) is 20.3. The molecule has 28 heavy (non-hydrogen) atoms. The van der Waals surface area contributed by atoms with Crippen LogP contribution in [0, 0.1) is 11.6 Å². The molecule has 0 heterocycles. The molecular weight excluding hydrogens is 452 g/mol. The highest BCUT2D eigenvalue weighted by Gasteiger charge is 2.14. The molecule has 0 saturated heterocycles. The summed E-state index contributed by atoms with van der Waals surface area (Å²) in [6, 6.07) is 15.4. The average Bonchev–Trinajstić information content (AvgIpc) is 2.67.